The fraction of sp³-hybridized carbons (Fsp3) is 0.200. The van der Waals surface area contributed by atoms with Gasteiger partial charge in [0.15, 0.2) is 0 Å². The summed E-state index contributed by atoms with van der Waals surface area (Å²) in [5.41, 5.74) is 1.33. The summed E-state index contributed by atoms with van der Waals surface area (Å²) in [6.07, 6.45) is 0. The summed E-state index contributed by atoms with van der Waals surface area (Å²) >= 11 is 0. The Bertz CT molecular complexity index is 669. The van der Waals surface area contributed by atoms with E-state index >= 15 is 0 Å². The lowest BCUT2D eigenvalue weighted by Crippen LogP contribution is -2.27. The maximum absolute atomic E-state index is 12.5. The number of sulfonamides is 1. The van der Waals surface area contributed by atoms with Crippen LogP contribution in [0.3, 0.4) is 0 Å². The molecule has 4 nitrogen and oxygen atoms in total. The van der Waals surface area contributed by atoms with Gasteiger partial charge in [-0.05, 0) is 17.2 Å². The van der Waals surface area contributed by atoms with Crippen LogP contribution in [0, 0.1) is 0 Å². The summed E-state index contributed by atoms with van der Waals surface area (Å²) in [6, 6.07) is 15.9. The molecule has 0 atom stereocenters. The molecule has 0 aliphatic rings. The number of aliphatic hydroxyl groups excluding tert-OH is 1. The average Bonchev–Trinajstić information content (AvgIpc) is 2.48. The van der Waals surface area contributed by atoms with E-state index in [-0.39, 0.29) is 11.5 Å². The molecule has 5 heteroatoms. The first-order valence-electron chi connectivity index (χ1n) is 6.24. The normalized spacial score (nSPS) is 11.8. The molecular weight excluding hydrogens is 274 g/mol. The highest BCUT2D eigenvalue weighted by Gasteiger charge is 2.23. The molecule has 0 unspecified atom stereocenters. The number of aliphatic hydroxyl groups is 1. The van der Waals surface area contributed by atoms with Crippen molar-refractivity contribution in [1.29, 1.82) is 0 Å². The molecule has 2 aromatic carbocycles. The minimum Gasteiger partial charge on any atom is -0.392 e. The molecule has 0 heterocycles. The Morgan fingerprint density at radius 2 is 1.60 bits per heavy atom. The molecule has 0 aliphatic carbocycles. The first-order chi connectivity index (χ1) is 9.55. The van der Waals surface area contributed by atoms with E-state index in [9.17, 15) is 13.5 Å². The van der Waals surface area contributed by atoms with E-state index in [1.165, 1.54) is 17.4 Å². The van der Waals surface area contributed by atoms with Crippen LogP contribution in [0.15, 0.2) is 59.5 Å². The molecule has 0 bridgehead atoms. The maximum Gasteiger partial charge on any atom is 0.243 e. The summed E-state index contributed by atoms with van der Waals surface area (Å²) < 4.78 is 26.4. The van der Waals surface area contributed by atoms with Crippen LogP contribution < -0.4 is 0 Å². The third kappa shape index (κ3) is 3.07. The van der Waals surface area contributed by atoms with E-state index in [0.29, 0.717) is 12.1 Å². The van der Waals surface area contributed by atoms with Gasteiger partial charge in [-0.25, -0.2) is 8.42 Å². The smallest absolute Gasteiger partial charge is 0.243 e. The van der Waals surface area contributed by atoms with Crippen molar-refractivity contribution in [2.24, 2.45) is 0 Å². The lowest BCUT2D eigenvalue weighted by molar-refractivity contribution is 0.278. The van der Waals surface area contributed by atoms with Gasteiger partial charge in [-0.1, -0.05) is 48.5 Å². The Balaban J connectivity index is 2.30. The molecule has 0 fully saturated rings. The summed E-state index contributed by atoms with van der Waals surface area (Å²) in [5, 5.41) is 9.27. The van der Waals surface area contributed by atoms with Crippen LogP contribution >= 0.6 is 0 Å². The summed E-state index contributed by atoms with van der Waals surface area (Å²) in [4.78, 5) is 0.154. The Hall–Kier alpha value is -1.69. The highest BCUT2D eigenvalue weighted by molar-refractivity contribution is 7.89. The largest absolute Gasteiger partial charge is 0.392 e. The molecule has 0 saturated heterocycles. The number of hydrogen-bond donors (Lipinski definition) is 1. The van der Waals surface area contributed by atoms with Crippen molar-refractivity contribution in [1.82, 2.24) is 4.31 Å². The van der Waals surface area contributed by atoms with Crippen LogP contribution in [0.1, 0.15) is 11.1 Å². The van der Waals surface area contributed by atoms with Gasteiger partial charge < -0.3 is 5.11 Å². The minimum absolute atomic E-state index is 0.154. The van der Waals surface area contributed by atoms with Crippen molar-refractivity contribution in [2.45, 2.75) is 18.0 Å². The summed E-state index contributed by atoms with van der Waals surface area (Å²) in [5.74, 6) is 0. The van der Waals surface area contributed by atoms with Gasteiger partial charge in [0.2, 0.25) is 10.0 Å². The molecule has 2 aromatic rings. The molecular formula is C15H17NO3S. The molecule has 106 valence electrons. The molecule has 0 spiro atoms. The number of benzene rings is 2. The van der Waals surface area contributed by atoms with Crippen LogP contribution in [0.2, 0.25) is 0 Å². The highest BCUT2D eigenvalue weighted by atomic mass is 32.2. The minimum atomic E-state index is -3.61. The molecule has 0 saturated carbocycles. The molecule has 0 aromatic heterocycles. The van der Waals surface area contributed by atoms with Crippen LogP contribution in [-0.4, -0.2) is 24.9 Å². The van der Waals surface area contributed by atoms with Crippen molar-refractivity contribution in [3.63, 3.8) is 0 Å². The Kier molecular flexibility index (Phi) is 4.54. The van der Waals surface area contributed by atoms with Gasteiger partial charge in [0.05, 0.1) is 11.5 Å². The van der Waals surface area contributed by atoms with Crippen molar-refractivity contribution in [2.75, 3.05) is 7.05 Å². The van der Waals surface area contributed by atoms with Gasteiger partial charge >= 0.3 is 0 Å². The van der Waals surface area contributed by atoms with Gasteiger partial charge in [-0.3, -0.25) is 0 Å². The van der Waals surface area contributed by atoms with Crippen LogP contribution in [0.5, 0.6) is 0 Å². The SMILES string of the molecule is CN(Cc1ccccc1)S(=O)(=O)c1ccccc1CO. The van der Waals surface area contributed by atoms with E-state index in [1.54, 1.807) is 18.2 Å². The fourth-order valence-corrected chi connectivity index (χ4v) is 3.35. The average molecular weight is 291 g/mol. The second kappa shape index (κ2) is 6.17. The molecule has 0 radical (unpaired) electrons. The maximum atomic E-state index is 12.5. The van der Waals surface area contributed by atoms with E-state index in [4.69, 9.17) is 0 Å². The topological polar surface area (TPSA) is 57.6 Å². The number of hydrogen-bond acceptors (Lipinski definition) is 3. The molecule has 20 heavy (non-hydrogen) atoms. The quantitative estimate of drug-likeness (QED) is 0.916. The Morgan fingerprint density at radius 1 is 1.00 bits per heavy atom. The number of rotatable bonds is 5. The first kappa shape index (κ1) is 14.7. The van der Waals surface area contributed by atoms with Crippen LogP contribution in [0.4, 0.5) is 0 Å². The van der Waals surface area contributed by atoms with Crippen molar-refractivity contribution >= 4 is 10.0 Å². The molecule has 2 rings (SSSR count). The molecule has 0 aliphatic heterocycles. The monoisotopic (exact) mass is 291 g/mol. The van der Waals surface area contributed by atoms with Gasteiger partial charge in [0, 0.05) is 13.6 Å². The third-order valence-electron chi connectivity index (χ3n) is 3.08. The predicted molar refractivity (Wildman–Crippen MR) is 77.5 cm³/mol. The zero-order valence-electron chi connectivity index (χ0n) is 11.2. The second-order valence-electron chi connectivity index (χ2n) is 4.51. The van der Waals surface area contributed by atoms with E-state index in [2.05, 4.69) is 0 Å². The first-order valence-corrected chi connectivity index (χ1v) is 7.68. The van der Waals surface area contributed by atoms with Gasteiger partial charge in [0.1, 0.15) is 0 Å². The van der Waals surface area contributed by atoms with E-state index < -0.39 is 10.0 Å². The number of nitrogens with zero attached hydrogens (tertiary/aromatic N) is 1. The lowest BCUT2D eigenvalue weighted by atomic mass is 10.2. The lowest BCUT2D eigenvalue weighted by Gasteiger charge is -2.19. The third-order valence-corrected chi connectivity index (χ3v) is 4.98. The van der Waals surface area contributed by atoms with Gasteiger partial charge in [-0.15, -0.1) is 0 Å². The summed E-state index contributed by atoms with van der Waals surface area (Å²) in [6.45, 7) is -0.00246. The van der Waals surface area contributed by atoms with E-state index in [1.807, 2.05) is 30.3 Å². The second-order valence-corrected chi connectivity index (χ2v) is 6.53. The standard InChI is InChI=1S/C15H17NO3S/c1-16(11-13-7-3-2-4-8-13)20(18,19)15-10-6-5-9-14(15)12-17/h2-10,17H,11-12H2,1H3. The predicted octanol–water partition coefficient (Wildman–Crippen LogP) is 2.00. The van der Waals surface area contributed by atoms with Crippen molar-refractivity contribution in [3.05, 3.63) is 65.7 Å². The molecule has 1 N–H and O–H groups in total. The zero-order valence-corrected chi connectivity index (χ0v) is 12.0. The molecule has 0 amide bonds. The fourth-order valence-electron chi connectivity index (χ4n) is 1.98. The zero-order chi connectivity index (χ0) is 14.6. The van der Waals surface area contributed by atoms with E-state index in [0.717, 1.165) is 5.56 Å². The van der Waals surface area contributed by atoms with Gasteiger partial charge in [0.25, 0.3) is 0 Å². The summed E-state index contributed by atoms with van der Waals surface area (Å²) in [7, 11) is -2.07. The highest BCUT2D eigenvalue weighted by Crippen LogP contribution is 2.20. The van der Waals surface area contributed by atoms with Crippen molar-refractivity contribution in [3.8, 4) is 0 Å². The Labute approximate surface area is 119 Å². The van der Waals surface area contributed by atoms with Crippen LogP contribution in [0.25, 0.3) is 0 Å². The van der Waals surface area contributed by atoms with Gasteiger partial charge in [-0.2, -0.15) is 4.31 Å². The van der Waals surface area contributed by atoms with Crippen LogP contribution in [-0.2, 0) is 23.2 Å². The van der Waals surface area contributed by atoms with Crippen molar-refractivity contribution < 1.29 is 13.5 Å². The Morgan fingerprint density at radius 3 is 2.25 bits per heavy atom.